The molecule has 0 spiro atoms. The number of carbonyl (C=O) groups excluding carboxylic acids is 1. The summed E-state index contributed by atoms with van der Waals surface area (Å²) in [5, 5.41) is 10.4. The molecule has 2 aromatic rings. The van der Waals surface area contributed by atoms with Gasteiger partial charge in [-0.1, -0.05) is 6.07 Å². The minimum Gasteiger partial charge on any atom is -0.488 e. The number of likely N-dealkylation sites (tertiary alicyclic amines) is 1. The maximum Gasteiger partial charge on any atom is 0.411 e. The summed E-state index contributed by atoms with van der Waals surface area (Å²) in [6.45, 7) is 5.40. The average molecular weight is 358 g/mol. The fourth-order valence-corrected chi connectivity index (χ4v) is 2.96. The molecule has 0 saturated carbocycles. The highest BCUT2D eigenvalue weighted by atomic mass is 16.6. The summed E-state index contributed by atoms with van der Waals surface area (Å²) in [6.07, 6.45) is 0.867. The Hall–Kier alpha value is -2.83. The molecule has 1 aromatic heterocycles. The first kappa shape index (κ1) is 18.0. The third kappa shape index (κ3) is 4.04. The Bertz CT molecular complexity index is 830. The number of carbonyl (C=O) groups is 2. The van der Waals surface area contributed by atoms with Crippen LogP contribution in [-0.2, 0) is 9.53 Å². The predicted molar refractivity (Wildman–Crippen MR) is 95.1 cm³/mol. The molecule has 1 fully saturated rings. The Morgan fingerprint density at radius 3 is 2.73 bits per heavy atom. The highest BCUT2D eigenvalue weighted by Gasteiger charge is 2.42. The first-order valence-corrected chi connectivity index (χ1v) is 8.47. The van der Waals surface area contributed by atoms with Crippen molar-refractivity contribution in [2.24, 2.45) is 0 Å². The third-order valence-corrected chi connectivity index (χ3v) is 4.05. The molecule has 0 radical (unpaired) electrons. The third-order valence-electron chi connectivity index (χ3n) is 4.05. The molecule has 1 saturated heterocycles. The molecular weight excluding hydrogens is 336 g/mol. The Labute approximate surface area is 151 Å². The highest BCUT2D eigenvalue weighted by Crippen LogP contribution is 2.27. The van der Waals surface area contributed by atoms with E-state index in [1.165, 1.54) is 4.90 Å². The van der Waals surface area contributed by atoms with Crippen LogP contribution in [0, 0.1) is 0 Å². The first-order valence-electron chi connectivity index (χ1n) is 8.47. The van der Waals surface area contributed by atoms with Crippen molar-refractivity contribution < 1.29 is 24.2 Å². The molecule has 138 valence electrons. The smallest absolute Gasteiger partial charge is 0.411 e. The van der Waals surface area contributed by atoms with Gasteiger partial charge < -0.3 is 14.6 Å². The molecule has 7 nitrogen and oxygen atoms in total. The number of carboxylic acids is 1. The summed E-state index contributed by atoms with van der Waals surface area (Å²) >= 11 is 0. The Morgan fingerprint density at radius 1 is 1.27 bits per heavy atom. The van der Waals surface area contributed by atoms with E-state index in [1.807, 2.05) is 24.3 Å². The van der Waals surface area contributed by atoms with Crippen molar-refractivity contribution >= 4 is 23.0 Å². The average Bonchev–Trinajstić information content (AvgIpc) is 2.97. The summed E-state index contributed by atoms with van der Waals surface area (Å²) in [5.41, 5.74) is 0.162. The van der Waals surface area contributed by atoms with Gasteiger partial charge >= 0.3 is 12.1 Å². The topological polar surface area (TPSA) is 89.0 Å². The number of aliphatic carboxylic acids is 1. The lowest BCUT2D eigenvalue weighted by atomic mass is 10.2. The number of rotatable bonds is 3. The quantitative estimate of drug-likeness (QED) is 0.907. The van der Waals surface area contributed by atoms with Crippen molar-refractivity contribution in [2.75, 3.05) is 6.54 Å². The molecule has 0 bridgehead atoms. The number of aromatic nitrogens is 1. The number of nitrogens with zero attached hydrogens (tertiary/aromatic N) is 2. The number of hydrogen-bond donors (Lipinski definition) is 1. The van der Waals surface area contributed by atoms with Gasteiger partial charge in [-0.25, -0.2) is 9.59 Å². The summed E-state index contributed by atoms with van der Waals surface area (Å²) in [5.74, 6) is -0.449. The van der Waals surface area contributed by atoms with Crippen molar-refractivity contribution in [3.63, 3.8) is 0 Å². The molecule has 1 aromatic carbocycles. The van der Waals surface area contributed by atoms with Crippen LogP contribution in [0.2, 0.25) is 0 Å². The van der Waals surface area contributed by atoms with Crippen molar-refractivity contribution in [2.45, 2.75) is 44.9 Å². The fourth-order valence-electron chi connectivity index (χ4n) is 2.96. The Balaban J connectivity index is 1.74. The van der Waals surface area contributed by atoms with Crippen molar-refractivity contribution in [3.8, 4) is 5.75 Å². The largest absolute Gasteiger partial charge is 0.488 e. The Morgan fingerprint density at radius 2 is 2.04 bits per heavy atom. The lowest BCUT2D eigenvalue weighted by Crippen LogP contribution is -2.43. The summed E-state index contributed by atoms with van der Waals surface area (Å²) in [4.78, 5) is 29.3. The number of amides is 1. The van der Waals surface area contributed by atoms with Gasteiger partial charge in [-0.05, 0) is 45.0 Å². The normalized spacial score (nSPS) is 20.2. The molecule has 2 atom stereocenters. The van der Waals surface area contributed by atoms with Gasteiger partial charge in [0.25, 0.3) is 0 Å². The van der Waals surface area contributed by atoms with E-state index in [0.29, 0.717) is 5.75 Å². The van der Waals surface area contributed by atoms with Gasteiger partial charge in [-0.15, -0.1) is 0 Å². The molecule has 26 heavy (non-hydrogen) atoms. The van der Waals surface area contributed by atoms with Crippen LogP contribution in [-0.4, -0.2) is 51.3 Å². The number of benzene rings is 1. The van der Waals surface area contributed by atoms with Crippen LogP contribution in [0.5, 0.6) is 5.75 Å². The SMILES string of the molecule is CC(C)(C)OC(=O)N1C[C@@H](Oc2ccc3ncccc3c2)C[C@H]1C(=O)O. The van der Waals surface area contributed by atoms with E-state index in [-0.39, 0.29) is 13.0 Å². The van der Waals surface area contributed by atoms with Gasteiger partial charge in [-0.2, -0.15) is 0 Å². The zero-order valence-electron chi connectivity index (χ0n) is 15.0. The molecule has 0 unspecified atom stereocenters. The van der Waals surface area contributed by atoms with Gasteiger partial charge in [0.2, 0.25) is 0 Å². The second kappa shape index (κ2) is 6.82. The van der Waals surface area contributed by atoms with Crippen molar-refractivity contribution in [1.82, 2.24) is 9.88 Å². The molecule has 1 aliphatic heterocycles. The van der Waals surface area contributed by atoms with Crippen LogP contribution < -0.4 is 4.74 Å². The Kier molecular flexibility index (Phi) is 4.71. The minimum absolute atomic E-state index is 0.164. The second-order valence-electron chi connectivity index (χ2n) is 7.32. The first-order chi connectivity index (χ1) is 12.2. The monoisotopic (exact) mass is 358 g/mol. The fraction of sp³-hybridized carbons (Fsp3) is 0.421. The van der Waals surface area contributed by atoms with Crippen LogP contribution >= 0.6 is 0 Å². The van der Waals surface area contributed by atoms with E-state index in [9.17, 15) is 14.7 Å². The van der Waals surface area contributed by atoms with Gasteiger partial charge in [-0.3, -0.25) is 9.88 Å². The molecule has 0 aliphatic carbocycles. The van der Waals surface area contributed by atoms with Crippen molar-refractivity contribution in [3.05, 3.63) is 36.5 Å². The van der Waals surface area contributed by atoms with E-state index < -0.39 is 29.8 Å². The van der Waals surface area contributed by atoms with Gasteiger partial charge in [0, 0.05) is 18.0 Å². The number of fused-ring (bicyclic) bond motifs is 1. The standard InChI is InChI=1S/C19H22N2O5/c1-19(2,3)26-18(24)21-11-14(10-16(21)17(22)23)25-13-6-7-15-12(9-13)5-4-8-20-15/h4-9,14,16H,10-11H2,1-3H3,(H,22,23)/t14-,16-/m0/s1. The molecule has 7 heteroatoms. The second-order valence-corrected chi connectivity index (χ2v) is 7.32. The molecule has 1 aliphatic rings. The van der Waals surface area contributed by atoms with Crippen molar-refractivity contribution in [1.29, 1.82) is 0 Å². The number of pyridine rings is 1. The van der Waals surface area contributed by atoms with Crippen LogP contribution in [0.25, 0.3) is 10.9 Å². The summed E-state index contributed by atoms with van der Waals surface area (Å²) in [6, 6.07) is 8.30. The number of hydrogen-bond acceptors (Lipinski definition) is 5. The molecular formula is C19H22N2O5. The van der Waals surface area contributed by atoms with Crippen LogP contribution in [0.15, 0.2) is 36.5 Å². The van der Waals surface area contributed by atoms with Crippen LogP contribution in [0.3, 0.4) is 0 Å². The van der Waals surface area contributed by atoms with Gasteiger partial charge in [0.15, 0.2) is 0 Å². The zero-order valence-corrected chi connectivity index (χ0v) is 15.0. The highest BCUT2D eigenvalue weighted by molar-refractivity contribution is 5.81. The molecule has 2 heterocycles. The maximum absolute atomic E-state index is 12.3. The lowest BCUT2D eigenvalue weighted by Gasteiger charge is -2.26. The summed E-state index contributed by atoms with van der Waals surface area (Å²) in [7, 11) is 0. The zero-order chi connectivity index (χ0) is 18.9. The van der Waals surface area contributed by atoms with E-state index >= 15 is 0 Å². The van der Waals surface area contributed by atoms with E-state index in [4.69, 9.17) is 9.47 Å². The van der Waals surface area contributed by atoms with Crippen LogP contribution in [0.1, 0.15) is 27.2 Å². The minimum atomic E-state index is -1.07. The number of carboxylic acid groups (broad SMARTS) is 1. The van der Waals surface area contributed by atoms with Gasteiger partial charge in [0.05, 0.1) is 12.1 Å². The molecule has 1 N–H and O–H groups in total. The summed E-state index contributed by atoms with van der Waals surface area (Å²) < 4.78 is 11.3. The predicted octanol–water partition coefficient (Wildman–Crippen LogP) is 3.08. The number of ether oxygens (including phenoxy) is 2. The lowest BCUT2D eigenvalue weighted by molar-refractivity contribution is -0.142. The van der Waals surface area contributed by atoms with E-state index in [2.05, 4.69) is 4.98 Å². The van der Waals surface area contributed by atoms with Gasteiger partial charge in [0.1, 0.15) is 23.5 Å². The van der Waals surface area contributed by atoms with E-state index in [1.54, 1.807) is 33.0 Å². The molecule has 3 rings (SSSR count). The maximum atomic E-state index is 12.3. The molecule has 1 amide bonds. The van der Waals surface area contributed by atoms with Crippen LogP contribution in [0.4, 0.5) is 4.79 Å². The van der Waals surface area contributed by atoms with E-state index in [0.717, 1.165) is 10.9 Å².